The Bertz CT molecular complexity index is 565. The number of nitrogens with zero attached hydrogens (tertiary/aromatic N) is 2. The molecule has 0 bridgehead atoms. The van der Waals surface area contributed by atoms with E-state index in [0.717, 1.165) is 0 Å². The molecular weight excluding hydrogens is 209 g/mol. The standard InChI is InChI=1S/C11H12FN3O/c12-4-1-5-15-7-14-10-3-2-8(13)6-9(10)11(15)16/h2-3,6-7H,1,4-5,13H2. The first-order chi connectivity index (χ1) is 7.72. The molecule has 2 rings (SSSR count). The molecule has 0 spiro atoms. The highest BCUT2D eigenvalue weighted by molar-refractivity contribution is 5.80. The molecule has 0 unspecified atom stereocenters. The van der Waals surface area contributed by atoms with Crippen LogP contribution in [0.15, 0.2) is 29.3 Å². The van der Waals surface area contributed by atoms with Gasteiger partial charge in [-0.15, -0.1) is 0 Å². The number of nitrogen functional groups attached to an aromatic ring is 1. The van der Waals surface area contributed by atoms with Crippen molar-refractivity contribution in [2.45, 2.75) is 13.0 Å². The summed E-state index contributed by atoms with van der Waals surface area (Å²) in [5, 5.41) is 0.473. The van der Waals surface area contributed by atoms with Crippen LogP contribution in [0.5, 0.6) is 0 Å². The predicted molar refractivity (Wildman–Crippen MR) is 61.0 cm³/mol. The lowest BCUT2D eigenvalue weighted by molar-refractivity contribution is 0.443. The Labute approximate surface area is 91.5 Å². The van der Waals surface area contributed by atoms with Crippen LogP contribution in [0.3, 0.4) is 0 Å². The van der Waals surface area contributed by atoms with Gasteiger partial charge in [-0.2, -0.15) is 0 Å². The van der Waals surface area contributed by atoms with Gasteiger partial charge in [0.2, 0.25) is 0 Å². The van der Waals surface area contributed by atoms with Crippen molar-refractivity contribution in [3.8, 4) is 0 Å². The first-order valence-corrected chi connectivity index (χ1v) is 5.03. The molecule has 1 aromatic carbocycles. The van der Waals surface area contributed by atoms with Crippen LogP contribution in [0.25, 0.3) is 10.9 Å². The summed E-state index contributed by atoms with van der Waals surface area (Å²) in [6, 6.07) is 4.99. The van der Waals surface area contributed by atoms with Crippen molar-refractivity contribution in [2.75, 3.05) is 12.4 Å². The minimum absolute atomic E-state index is 0.175. The molecule has 2 aromatic rings. The summed E-state index contributed by atoms with van der Waals surface area (Å²) in [7, 11) is 0. The fraction of sp³-hybridized carbons (Fsp3) is 0.273. The van der Waals surface area contributed by atoms with E-state index in [-0.39, 0.29) is 5.56 Å². The number of hydrogen-bond donors (Lipinski definition) is 1. The van der Waals surface area contributed by atoms with Gasteiger partial charge in [-0.3, -0.25) is 13.8 Å². The normalized spacial score (nSPS) is 10.8. The maximum Gasteiger partial charge on any atom is 0.261 e. The molecule has 0 aliphatic rings. The zero-order valence-corrected chi connectivity index (χ0v) is 8.69. The average Bonchev–Trinajstić information content (AvgIpc) is 2.29. The SMILES string of the molecule is Nc1ccc2ncn(CCCF)c(=O)c2c1. The molecule has 0 aliphatic heterocycles. The second-order valence-corrected chi connectivity index (χ2v) is 3.56. The highest BCUT2D eigenvalue weighted by atomic mass is 19.1. The number of nitrogens with two attached hydrogens (primary N) is 1. The Kier molecular flexibility index (Phi) is 2.85. The Balaban J connectivity index is 2.55. The summed E-state index contributed by atoms with van der Waals surface area (Å²) in [5.41, 5.74) is 6.56. The fourth-order valence-corrected chi connectivity index (χ4v) is 1.57. The lowest BCUT2D eigenvalue weighted by atomic mass is 10.2. The van der Waals surface area contributed by atoms with E-state index in [0.29, 0.717) is 29.6 Å². The highest BCUT2D eigenvalue weighted by Gasteiger charge is 2.03. The van der Waals surface area contributed by atoms with E-state index >= 15 is 0 Å². The fourth-order valence-electron chi connectivity index (χ4n) is 1.57. The molecule has 0 aliphatic carbocycles. The smallest absolute Gasteiger partial charge is 0.261 e. The van der Waals surface area contributed by atoms with E-state index in [1.807, 2.05) is 0 Å². The first-order valence-electron chi connectivity index (χ1n) is 5.03. The molecule has 5 heteroatoms. The number of alkyl halides is 1. The quantitative estimate of drug-likeness (QED) is 0.795. The van der Waals surface area contributed by atoms with E-state index in [1.165, 1.54) is 10.9 Å². The number of fused-ring (bicyclic) bond motifs is 1. The van der Waals surface area contributed by atoms with Crippen molar-refractivity contribution >= 4 is 16.6 Å². The van der Waals surface area contributed by atoms with Crippen LogP contribution >= 0.6 is 0 Å². The Morgan fingerprint density at radius 3 is 3.00 bits per heavy atom. The van der Waals surface area contributed by atoms with Gasteiger partial charge in [0.25, 0.3) is 5.56 Å². The van der Waals surface area contributed by atoms with Crippen LogP contribution in [-0.2, 0) is 6.54 Å². The van der Waals surface area contributed by atoms with Crippen molar-refractivity contribution in [2.24, 2.45) is 0 Å². The van der Waals surface area contributed by atoms with E-state index in [9.17, 15) is 9.18 Å². The third kappa shape index (κ3) is 1.88. The van der Waals surface area contributed by atoms with Crippen molar-refractivity contribution in [3.05, 3.63) is 34.9 Å². The molecule has 1 aromatic heterocycles. The van der Waals surface area contributed by atoms with Crippen molar-refractivity contribution in [3.63, 3.8) is 0 Å². The van der Waals surface area contributed by atoms with Crippen LogP contribution in [0.4, 0.5) is 10.1 Å². The summed E-state index contributed by atoms with van der Waals surface area (Å²) in [6.07, 6.45) is 1.76. The van der Waals surface area contributed by atoms with Gasteiger partial charge in [0.1, 0.15) is 0 Å². The molecule has 0 saturated heterocycles. The molecule has 0 amide bonds. The molecule has 0 radical (unpaired) electrons. The molecule has 0 saturated carbocycles. The third-order valence-electron chi connectivity index (χ3n) is 2.38. The molecular formula is C11H12FN3O. The monoisotopic (exact) mass is 221 g/mol. The van der Waals surface area contributed by atoms with E-state index in [4.69, 9.17) is 5.73 Å². The molecule has 84 valence electrons. The number of halogens is 1. The summed E-state index contributed by atoms with van der Waals surface area (Å²) in [5.74, 6) is 0. The summed E-state index contributed by atoms with van der Waals surface area (Å²) in [6.45, 7) is -0.103. The average molecular weight is 221 g/mol. The topological polar surface area (TPSA) is 60.9 Å². The minimum Gasteiger partial charge on any atom is -0.399 e. The number of aromatic nitrogens is 2. The molecule has 0 atom stereocenters. The molecule has 2 N–H and O–H groups in total. The second kappa shape index (κ2) is 4.30. The van der Waals surface area contributed by atoms with Gasteiger partial charge in [-0.1, -0.05) is 0 Å². The summed E-state index contributed by atoms with van der Waals surface area (Å²) in [4.78, 5) is 16.1. The van der Waals surface area contributed by atoms with Crippen LogP contribution in [0, 0.1) is 0 Å². The van der Waals surface area contributed by atoms with E-state index in [2.05, 4.69) is 4.98 Å². The number of rotatable bonds is 3. The van der Waals surface area contributed by atoms with Gasteiger partial charge in [0.05, 0.1) is 23.9 Å². The molecule has 1 heterocycles. The Morgan fingerprint density at radius 1 is 1.44 bits per heavy atom. The number of aryl methyl sites for hydroxylation is 1. The minimum atomic E-state index is -0.443. The molecule has 4 nitrogen and oxygen atoms in total. The van der Waals surface area contributed by atoms with Crippen molar-refractivity contribution in [1.82, 2.24) is 9.55 Å². The van der Waals surface area contributed by atoms with Gasteiger partial charge in [-0.05, 0) is 24.6 Å². The van der Waals surface area contributed by atoms with Gasteiger partial charge in [-0.25, -0.2) is 4.98 Å². The lowest BCUT2D eigenvalue weighted by Crippen LogP contribution is -2.21. The maximum atomic E-state index is 12.0. The number of benzene rings is 1. The van der Waals surface area contributed by atoms with Gasteiger partial charge < -0.3 is 5.73 Å². The number of hydrogen-bond acceptors (Lipinski definition) is 3. The maximum absolute atomic E-state index is 12.0. The van der Waals surface area contributed by atoms with Crippen LogP contribution in [0.1, 0.15) is 6.42 Å². The van der Waals surface area contributed by atoms with Crippen LogP contribution in [-0.4, -0.2) is 16.2 Å². The zero-order chi connectivity index (χ0) is 11.5. The summed E-state index contributed by atoms with van der Waals surface area (Å²) >= 11 is 0. The lowest BCUT2D eigenvalue weighted by Gasteiger charge is -2.05. The molecule has 16 heavy (non-hydrogen) atoms. The highest BCUT2D eigenvalue weighted by Crippen LogP contribution is 2.10. The van der Waals surface area contributed by atoms with Gasteiger partial charge in [0, 0.05) is 12.2 Å². The van der Waals surface area contributed by atoms with E-state index < -0.39 is 6.67 Å². The summed E-state index contributed by atoms with van der Waals surface area (Å²) < 4.78 is 13.4. The largest absolute Gasteiger partial charge is 0.399 e. The number of anilines is 1. The van der Waals surface area contributed by atoms with Gasteiger partial charge >= 0.3 is 0 Å². The Morgan fingerprint density at radius 2 is 2.25 bits per heavy atom. The predicted octanol–water partition coefficient (Wildman–Crippen LogP) is 1.34. The molecule has 0 fully saturated rings. The van der Waals surface area contributed by atoms with E-state index in [1.54, 1.807) is 18.2 Å². The van der Waals surface area contributed by atoms with Crippen LogP contribution < -0.4 is 11.3 Å². The Hall–Kier alpha value is -1.91. The zero-order valence-electron chi connectivity index (χ0n) is 8.69. The van der Waals surface area contributed by atoms with Crippen molar-refractivity contribution < 1.29 is 4.39 Å². The second-order valence-electron chi connectivity index (χ2n) is 3.56. The first kappa shape index (κ1) is 10.6. The third-order valence-corrected chi connectivity index (χ3v) is 2.38. The van der Waals surface area contributed by atoms with Crippen molar-refractivity contribution in [1.29, 1.82) is 0 Å². The van der Waals surface area contributed by atoms with Gasteiger partial charge in [0.15, 0.2) is 0 Å². The van der Waals surface area contributed by atoms with Crippen LogP contribution in [0.2, 0.25) is 0 Å².